The Balaban J connectivity index is 2.95. The fourth-order valence-corrected chi connectivity index (χ4v) is 1.75. The third-order valence-electron chi connectivity index (χ3n) is 2.99. The molecule has 1 rings (SSSR count). The van der Waals surface area contributed by atoms with E-state index in [2.05, 4.69) is 0 Å². The standard InChI is InChI=1S/C15H23N3O3/c1-15(2,3)21-9-12(14(19)20)18(4)11-7-5-6-10(8-11)13(16)17/h5-8,12H,9H2,1-4H3,(H3,16,17)(H,19,20)/t12-/m0/s1. The van der Waals surface area contributed by atoms with Gasteiger partial charge in [0, 0.05) is 18.3 Å². The Bertz CT molecular complexity index is 523. The van der Waals surface area contributed by atoms with E-state index in [0.717, 1.165) is 0 Å². The Labute approximate surface area is 125 Å². The van der Waals surface area contributed by atoms with Gasteiger partial charge in [-0.2, -0.15) is 0 Å². The number of anilines is 1. The number of nitrogen functional groups attached to an aromatic ring is 1. The third-order valence-corrected chi connectivity index (χ3v) is 2.99. The van der Waals surface area contributed by atoms with Crippen LogP contribution < -0.4 is 10.6 Å². The molecule has 0 saturated heterocycles. The molecule has 0 fully saturated rings. The minimum Gasteiger partial charge on any atom is -0.480 e. The average Bonchev–Trinajstić information content (AvgIpc) is 2.37. The molecule has 1 aromatic carbocycles. The minimum atomic E-state index is -0.963. The molecule has 0 aliphatic carbocycles. The summed E-state index contributed by atoms with van der Waals surface area (Å²) in [6.07, 6.45) is 0. The Hall–Kier alpha value is -2.08. The quantitative estimate of drug-likeness (QED) is 0.547. The Kier molecular flexibility index (Phi) is 5.32. The van der Waals surface area contributed by atoms with Gasteiger partial charge < -0.3 is 20.5 Å². The number of nitrogens with zero attached hydrogens (tertiary/aromatic N) is 1. The number of hydrogen-bond acceptors (Lipinski definition) is 4. The van der Waals surface area contributed by atoms with E-state index in [1.165, 1.54) is 0 Å². The smallest absolute Gasteiger partial charge is 0.328 e. The van der Waals surface area contributed by atoms with Crippen molar-refractivity contribution in [2.45, 2.75) is 32.4 Å². The Morgan fingerprint density at radius 2 is 2.10 bits per heavy atom. The maximum absolute atomic E-state index is 11.5. The summed E-state index contributed by atoms with van der Waals surface area (Å²) in [5.74, 6) is -1.02. The van der Waals surface area contributed by atoms with Crippen LogP contribution >= 0.6 is 0 Å². The molecule has 21 heavy (non-hydrogen) atoms. The Morgan fingerprint density at radius 1 is 1.48 bits per heavy atom. The number of rotatable bonds is 6. The SMILES string of the molecule is CN(c1cccc(C(=N)N)c1)[C@@H](COC(C)(C)C)C(=O)O. The predicted molar refractivity (Wildman–Crippen MR) is 83.0 cm³/mol. The van der Waals surface area contributed by atoms with E-state index in [9.17, 15) is 9.90 Å². The second kappa shape index (κ2) is 6.58. The molecule has 0 saturated carbocycles. The lowest BCUT2D eigenvalue weighted by Gasteiger charge is -2.30. The van der Waals surface area contributed by atoms with Crippen LogP contribution in [0.3, 0.4) is 0 Å². The van der Waals surface area contributed by atoms with Crippen molar-refractivity contribution in [2.24, 2.45) is 5.73 Å². The van der Waals surface area contributed by atoms with Crippen molar-refractivity contribution in [3.8, 4) is 0 Å². The van der Waals surface area contributed by atoms with Crippen molar-refractivity contribution in [3.05, 3.63) is 29.8 Å². The van der Waals surface area contributed by atoms with E-state index in [4.69, 9.17) is 15.9 Å². The number of likely N-dealkylation sites (N-methyl/N-ethyl adjacent to an activating group) is 1. The van der Waals surface area contributed by atoms with Crippen molar-refractivity contribution in [1.29, 1.82) is 5.41 Å². The van der Waals surface area contributed by atoms with Crippen LogP contribution in [0.15, 0.2) is 24.3 Å². The molecule has 6 heteroatoms. The number of carboxylic acid groups (broad SMARTS) is 1. The van der Waals surface area contributed by atoms with Crippen LogP contribution in [-0.2, 0) is 9.53 Å². The van der Waals surface area contributed by atoms with Crippen LogP contribution in [0.25, 0.3) is 0 Å². The van der Waals surface area contributed by atoms with Crippen molar-refractivity contribution in [1.82, 2.24) is 0 Å². The highest BCUT2D eigenvalue weighted by molar-refractivity contribution is 5.96. The largest absolute Gasteiger partial charge is 0.480 e. The van der Waals surface area contributed by atoms with Crippen LogP contribution in [0.2, 0.25) is 0 Å². The summed E-state index contributed by atoms with van der Waals surface area (Å²) < 4.78 is 5.58. The van der Waals surface area contributed by atoms with Crippen molar-refractivity contribution >= 4 is 17.5 Å². The molecule has 116 valence electrons. The van der Waals surface area contributed by atoms with Gasteiger partial charge in [-0.3, -0.25) is 5.41 Å². The first kappa shape index (κ1) is 17.0. The lowest BCUT2D eigenvalue weighted by Crippen LogP contribution is -2.44. The number of aliphatic carboxylic acids is 1. The lowest BCUT2D eigenvalue weighted by atomic mass is 10.1. The molecule has 1 atom stereocenters. The highest BCUT2D eigenvalue weighted by Crippen LogP contribution is 2.19. The van der Waals surface area contributed by atoms with E-state index in [0.29, 0.717) is 11.3 Å². The van der Waals surface area contributed by atoms with Gasteiger partial charge in [-0.25, -0.2) is 4.79 Å². The summed E-state index contributed by atoms with van der Waals surface area (Å²) in [5.41, 5.74) is 6.28. The van der Waals surface area contributed by atoms with E-state index in [1.807, 2.05) is 20.8 Å². The molecular formula is C15H23N3O3. The summed E-state index contributed by atoms with van der Waals surface area (Å²) >= 11 is 0. The summed E-state index contributed by atoms with van der Waals surface area (Å²) in [4.78, 5) is 13.1. The van der Waals surface area contributed by atoms with Gasteiger partial charge in [0.1, 0.15) is 5.84 Å². The number of carbonyl (C=O) groups is 1. The number of hydrogen-bond donors (Lipinski definition) is 3. The van der Waals surface area contributed by atoms with Gasteiger partial charge >= 0.3 is 5.97 Å². The number of benzene rings is 1. The molecule has 0 unspecified atom stereocenters. The topological polar surface area (TPSA) is 99.6 Å². The zero-order valence-corrected chi connectivity index (χ0v) is 12.9. The van der Waals surface area contributed by atoms with Gasteiger partial charge in [0.25, 0.3) is 0 Å². The molecule has 4 N–H and O–H groups in total. The predicted octanol–water partition coefficient (Wildman–Crippen LogP) is 1.68. The van der Waals surface area contributed by atoms with Gasteiger partial charge in [0.2, 0.25) is 0 Å². The molecule has 0 aliphatic rings. The third kappa shape index (κ3) is 5.07. The number of amidine groups is 1. The van der Waals surface area contributed by atoms with Crippen LogP contribution in [0, 0.1) is 5.41 Å². The molecule has 0 aromatic heterocycles. The van der Waals surface area contributed by atoms with Crippen LogP contribution in [0.1, 0.15) is 26.3 Å². The van der Waals surface area contributed by atoms with Crippen molar-refractivity contribution < 1.29 is 14.6 Å². The summed E-state index contributed by atoms with van der Waals surface area (Å²) in [6.45, 7) is 5.70. The summed E-state index contributed by atoms with van der Waals surface area (Å²) in [6, 6.07) is 6.11. The second-order valence-corrected chi connectivity index (χ2v) is 5.85. The molecule has 1 aromatic rings. The van der Waals surface area contributed by atoms with Crippen LogP contribution in [-0.4, -0.2) is 42.2 Å². The first-order valence-electron chi connectivity index (χ1n) is 6.66. The second-order valence-electron chi connectivity index (χ2n) is 5.85. The molecule has 0 bridgehead atoms. The number of nitrogens with one attached hydrogen (secondary N) is 1. The van der Waals surface area contributed by atoms with Gasteiger partial charge in [-0.1, -0.05) is 12.1 Å². The van der Waals surface area contributed by atoms with Crippen molar-refractivity contribution in [3.63, 3.8) is 0 Å². The normalized spacial score (nSPS) is 12.8. The van der Waals surface area contributed by atoms with E-state index >= 15 is 0 Å². The van der Waals surface area contributed by atoms with Crippen LogP contribution in [0.5, 0.6) is 0 Å². The Morgan fingerprint density at radius 3 is 2.57 bits per heavy atom. The molecule has 0 amide bonds. The van der Waals surface area contributed by atoms with E-state index in [-0.39, 0.29) is 12.4 Å². The van der Waals surface area contributed by atoms with Gasteiger partial charge in [-0.15, -0.1) is 0 Å². The molecule has 0 heterocycles. The highest BCUT2D eigenvalue weighted by Gasteiger charge is 2.26. The zero-order chi connectivity index (χ0) is 16.2. The molecular weight excluding hydrogens is 270 g/mol. The number of ether oxygens (including phenoxy) is 1. The van der Waals surface area contributed by atoms with Crippen molar-refractivity contribution in [2.75, 3.05) is 18.6 Å². The molecule has 0 spiro atoms. The number of carboxylic acids is 1. The zero-order valence-electron chi connectivity index (χ0n) is 12.9. The molecule has 0 aliphatic heterocycles. The maximum atomic E-state index is 11.5. The summed E-state index contributed by atoms with van der Waals surface area (Å²) in [7, 11) is 1.68. The fraction of sp³-hybridized carbons (Fsp3) is 0.467. The highest BCUT2D eigenvalue weighted by atomic mass is 16.5. The first-order valence-corrected chi connectivity index (χ1v) is 6.66. The van der Waals surface area contributed by atoms with E-state index < -0.39 is 17.6 Å². The lowest BCUT2D eigenvalue weighted by molar-refractivity contribution is -0.141. The first-order chi connectivity index (χ1) is 9.61. The summed E-state index contributed by atoms with van der Waals surface area (Å²) in [5, 5.41) is 16.8. The van der Waals surface area contributed by atoms with Crippen LogP contribution in [0.4, 0.5) is 5.69 Å². The van der Waals surface area contributed by atoms with E-state index in [1.54, 1.807) is 36.2 Å². The number of nitrogens with two attached hydrogens (primary N) is 1. The molecule has 6 nitrogen and oxygen atoms in total. The van der Waals surface area contributed by atoms with Gasteiger partial charge in [-0.05, 0) is 32.9 Å². The maximum Gasteiger partial charge on any atom is 0.328 e. The monoisotopic (exact) mass is 293 g/mol. The minimum absolute atomic E-state index is 0.0527. The van der Waals surface area contributed by atoms with Gasteiger partial charge in [0.05, 0.1) is 12.2 Å². The molecule has 0 radical (unpaired) electrons. The van der Waals surface area contributed by atoms with Gasteiger partial charge in [0.15, 0.2) is 6.04 Å². The average molecular weight is 293 g/mol. The fourth-order valence-electron chi connectivity index (χ4n) is 1.75.